The van der Waals surface area contributed by atoms with Gasteiger partial charge in [0.15, 0.2) is 11.7 Å². The van der Waals surface area contributed by atoms with E-state index < -0.39 is 5.91 Å². The molecule has 0 radical (unpaired) electrons. The molecule has 7 heteroatoms. The average Bonchev–Trinajstić information content (AvgIpc) is 2.93. The van der Waals surface area contributed by atoms with Gasteiger partial charge in [-0.05, 0) is 24.3 Å². The van der Waals surface area contributed by atoms with Crippen molar-refractivity contribution in [3.05, 3.63) is 41.4 Å². The molecule has 0 unspecified atom stereocenters. The zero-order chi connectivity index (χ0) is 16.1. The molecule has 0 aliphatic heterocycles. The van der Waals surface area contributed by atoms with Crippen molar-refractivity contribution in [2.45, 2.75) is 12.8 Å². The first-order chi connectivity index (χ1) is 10.5. The lowest BCUT2D eigenvalue weighted by molar-refractivity contribution is -0.133. The van der Waals surface area contributed by atoms with E-state index in [1.807, 2.05) is 12.1 Å². The van der Waals surface area contributed by atoms with Crippen molar-refractivity contribution < 1.29 is 14.0 Å². The van der Waals surface area contributed by atoms with Gasteiger partial charge in [-0.3, -0.25) is 9.59 Å². The fraction of sp³-hybridized carbons (Fsp3) is 0.267. The average molecular weight is 322 g/mol. The molecule has 2 amide bonds. The summed E-state index contributed by atoms with van der Waals surface area (Å²) in [7, 11) is 1.53. The van der Waals surface area contributed by atoms with E-state index in [1.165, 1.54) is 11.9 Å². The van der Waals surface area contributed by atoms with Crippen molar-refractivity contribution in [3.8, 4) is 11.3 Å². The molecule has 1 aromatic heterocycles. The Hall–Kier alpha value is -2.34. The summed E-state index contributed by atoms with van der Waals surface area (Å²) < 4.78 is 5.60. The molecule has 0 bridgehead atoms. The molecule has 22 heavy (non-hydrogen) atoms. The van der Waals surface area contributed by atoms with Gasteiger partial charge in [0.1, 0.15) is 0 Å². The molecule has 0 saturated heterocycles. The Bertz CT molecular complexity index is 667. The lowest BCUT2D eigenvalue weighted by Gasteiger charge is -2.14. The van der Waals surface area contributed by atoms with Gasteiger partial charge >= 0.3 is 0 Å². The summed E-state index contributed by atoms with van der Waals surface area (Å²) in [6, 6.07) is 7.19. The third-order valence-corrected chi connectivity index (χ3v) is 3.31. The van der Waals surface area contributed by atoms with Crippen LogP contribution in [0, 0.1) is 0 Å². The van der Waals surface area contributed by atoms with E-state index in [1.54, 1.807) is 18.3 Å². The number of nitrogens with zero attached hydrogens (tertiary/aromatic N) is 2. The van der Waals surface area contributed by atoms with Crippen LogP contribution in [0.1, 0.15) is 12.3 Å². The number of rotatable bonds is 6. The van der Waals surface area contributed by atoms with Crippen LogP contribution in [-0.2, 0) is 16.0 Å². The summed E-state index contributed by atoms with van der Waals surface area (Å²) in [4.78, 5) is 28.0. The number of amides is 2. The quantitative estimate of drug-likeness (QED) is 0.879. The van der Waals surface area contributed by atoms with Gasteiger partial charge in [0, 0.05) is 30.5 Å². The highest BCUT2D eigenvalue weighted by molar-refractivity contribution is 6.30. The van der Waals surface area contributed by atoms with Gasteiger partial charge < -0.3 is 15.1 Å². The Morgan fingerprint density at radius 2 is 2.00 bits per heavy atom. The first-order valence-electron chi connectivity index (χ1n) is 6.68. The van der Waals surface area contributed by atoms with Crippen LogP contribution in [0.2, 0.25) is 5.02 Å². The molecular weight excluding hydrogens is 306 g/mol. The summed E-state index contributed by atoms with van der Waals surface area (Å²) in [6.45, 7) is -0.0968. The van der Waals surface area contributed by atoms with Crippen LogP contribution in [-0.4, -0.2) is 35.3 Å². The van der Waals surface area contributed by atoms with Crippen molar-refractivity contribution in [3.63, 3.8) is 0 Å². The van der Waals surface area contributed by atoms with Crippen molar-refractivity contribution >= 4 is 23.4 Å². The Kier molecular flexibility index (Phi) is 5.16. The maximum atomic E-state index is 11.8. The van der Waals surface area contributed by atoms with E-state index >= 15 is 0 Å². The van der Waals surface area contributed by atoms with Crippen molar-refractivity contribution in [2.75, 3.05) is 13.6 Å². The van der Waals surface area contributed by atoms with E-state index in [-0.39, 0.29) is 18.9 Å². The Labute approximate surface area is 132 Å². The third kappa shape index (κ3) is 4.33. The number of aromatic nitrogens is 1. The highest BCUT2D eigenvalue weighted by atomic mass is 35.5. The molecule has 116 valence electrons. The zero-order valence-electron chi connectivity index (χ0n) is 12.1. The molecule has 0 saturated carbocycles. The van der Waals surface area contributed by atoms with Crippen LogP contribution in [0.5, 0.6) is 0 Å². The van der Waals surface area contributed by atoms with Gasteiger partial charge in [-0.1, -0.05) is 11.6 Å². The summed E-state index contributed by atoms with van der Waals surface area (Å²) in [5.41, 5.74) is 5.91. The van der Waals surface area contributed by atoms with E-state index in [0.29, 0.717) is 23.1 Å². The molecule has 0 aliphatic rings. The Balaban J connectivity index is 1.93. The standard InChI is InChI=1S/C15H16ClN3O3/c1-19(9-13(17)20)15(21)7-6-14-18-8-12(22-14)10-2-4-11(16)5-3-10/h2-5,8H,6-7,9H2,1H3,(H2,17,20). The smallest absolute Gasteiger partial charge is 0.237 e. The number of primary amides is 1. The second-order valence-corrected chi connectivity index (χ2v) is 5.28. The maximum absolute atomic E-state index is 11.8. The highest BCUT2D eigenvalue weighted by Crippen LogP contribution is 2.22. The van der Waals surface area contributed by atoms with Crippen molar-refractivity contribution in [1.29, 1.82) is 0 Å². The molecule has 2 rings (SSSR count). The molecule has 0 fully saturated rings. The zero-order valence-corrected chi connectivity index (χ0v) is 12.8. The number of hydrogen-bond donors (Lipinski definition) is 1. The number of oxazole rings is 1. The minimum absolute atomic E-state index is 0.0968. The number of hydrogen-bond acceptors (Lipinski definition) is 4. The molecule has 0 atom stereocenters. The van der Waals surface area contributed by atoms with Gasteiger partial charge in [0.05, 0.1) is 12.7 Å². The first kappa shape index (κ1) is 16.0. The van der Waals surface area contributed by atoms with E-state index in [0.717, 1.165) is 5.56 Å². The largest absolute Gasteiger partial charge is 0.441 e. The number of benzene rings is 1. The topological polar surface area (TPSA) is 89.4 Å². The fourth-order valence-electron chi connectivity index (χ4n) is 1.90. The van der Waals surface area contributed by atoms with Gasteiger partial charge in [0.25, 0.3) is 0 Å². The number of carbonyl (C=O) groups is 2. The third-order valence-electron chi connectivity index (χ3n) is 3.05. The first-order valence-corrected chi connectivity index (χ1v) is 7.06. The highest BCUT2D eigenvalue weighted by Gasteiger charge is 2.13. The Morgan fingerprint density at radius 1 is 1.32 bits per heavy atom. The number of halogens is 1. The second-order valence-electron chi connectivity index (χ2n) is 4.84. The number of nitrogens with two attached hydrogens (primary N) is 1. The minimum Gasteiger partial charge on any atom is -0.441 e. The van der Waals surface area contributed by atoms with Gasteiger partial charge in [-0.25, -0.2) is 4.98 Å². The van der Waals surface area contributed by atoms with Crippen LogP contribution in [0.15, 0.2) is 34.9 Å². The maximum Gasteiger partial charge on any atom is 0.237 e. The molecule has 0 spiro atoms. The molecular formula is C15H16ClN3O3. The molecule has 6 nitrogen and oxygen atoms in total. The van der Waals surface area contributed by atoms with Gasteiger partial charge in [0.2, 0.25) is 11.8 Å². The van der Waals surface area contributed by atoms with E-state index in [2.05, 4.69) is 4.98 Å². The van der Waals surface area contributed by atoms with E-state index in [9.17, 15) is 9.59 Å². The minimum atomic E-state index is -0.544. The fourth-order valence-corrected chi connectivity index (χ4v) is 2.03. The van der Waals surface area contributed by atoms with Crippen molar-refractivity contribution in [2.24, 2.45) is 5.73 Å². The predicted molar refractivity (Wildman–Crippen MR) is 82.1 cm³/mol. The van der Waals surface area contributed by atoms with Gasteiger partial charge in [-0.15, -0.1) is 0 Å². The van der Waals surface area contributed by atoms with Crippen LogP contribution in [0.4, 0.5) is 0 Å². The van der Waals surface area contributed by atoms with Gasteiger partial charge in [-0.2, -0.15) is 0 Å². The van der Waals surface area contributed by atoms with Crippen LogP contribution >= 0.6 is 11.6 Å². The number of likely N-dealkylation sites (N-methyl/N-ethyl adjacent to an activating group) is 1. The number of aryl methyl sites for hydroxylation is 1. The van der Waals surface area contributed by atoms with Crippen molar-refractivity contribution in [1.82, 2.24) is 9.88 Å². The summed E-state index contributed by atoms with van der Waals surface area (Å²) in [5, 5.41) is 0.645. The van der Waals surface area contributed by atoms with Crippen LogP contribution in [0.25, 0.3) is 11.3 Å². The summed E-state index contributed by atoms with van der Waals surface area (Å²) >= 11 is 5.83. The van der Waals surface area contributed by atoms with Crippen LogP contribution in [0.3, 0.4) is 0 Å². The second kappa shape index (κ2) is 7.09. The molecule has 2 N–H and O–H groups in total. The normalized spacial score (nSPS) is 10.5. The van der Waals surface area contributed by atoms with Crippen LogP contribution < -0.4 is 5.73 Å². The molecule has 1 heterocycles. The summed E-state index contributed by atoms with van der Waals surface area (Å²) in [6.07, 6.45) is 2.16. The molecule has 0 aliphatic carbocycles. The molecule has 1 aromatic carbocycles. The predicted octanol–water partition coefficient (Wildman–Crippen LogP) is 1.87. The summed E-state index contributed by atoms with van der Waals surface area (Å²) in [5.74, 6) is 0.345. The molecule has 2 aromatic rings. The lowest BCUT2D eigenvalue weighted by Crippen LogP contribution is -2.35. The number of carbonyl (C=O) groups excluding carboxylic acids is 2. The van der Waals surface area contributed by atoms with E-state index in [4.69, 9.17) is 21.8 Å². The lowest BCUT2D eigenvalue weighted by atomic mass is 10.2. The SMILES string of the molecule is CN(CC(N)=O)C(=O)CCc1ncc(-c2ccc(Cl)cc2)o1. The monoisotopic (exact) mass is 321 g/mol. The Morgan fingerprint density at radius 3 is 2.64 bits per heavy atom.